The van der Waals surface area contributed by atoms with Gasteiger partial charge in [-0.2, -0.15) is 0 Å². The molecule has 1 atom stereocenters. The van der Waals surface area contributed by atoms with Gasteiger partial charge in [0.25, 0.3) is 0 Å². The van der Waals surface area contributed by atoms with Crippen LogP contribution < -0.4 is 0 Å². The third-order valence-electron chi connectivity index (χ3n) is 1.27. The molecule has 0 aliphatic heterocycles. The zero-order chi connectivity index (χ0) is 5.98. The second kappa shape index (κ2) is 2.21. The molecule has 0 aromatic heterocycles. The SMILES string of the molecule is [B]C1C=C(C)C=CC1. The highest BCUT2D eigenvalue weighted by Gasteiger charge is 1.97. The van der Waals surface area contributed by atoms with Crippen molar-refractivity contribution in [3.05, 3.63) is 23.8 Å². The smallest absolute Gasteiger partial charge is 0.0759 e. The summed E-state index contributed by atoms with van der Waals surface area (Å²) in [7, 11) is 5.60. The molecule has 1 aliphatic carbocycles. The predicted octanol–water partition coefficient (Wildman–Crippen LogP) is 1.85. The summed E-state index contributed by atoms with van der Waals surface area (Å²) in [4.78, 5) is 0. The maximum absolute atomic E-state index is 5.60. The van der Waals surface area contributed by atoms with E-state index in [1.807, 2.05) is 0 Å². The number of hydrogen-bond acceptors (Lipinski definition) is 0. The second-order valence-electron chi connectivity index (χ2n) is 2.21. The van der Waals surface area contributed by atoms with Crippen LogP contribution >= 0.6 is 0 Å². The number of allylic oxidation sites excluding steroid dienone is 4. The molecule has 0 saturated carbocycles. The zero-order valence-corrected chi connectivity index (χ0v) is 5.09. The molecule has 0 N–H and O–H groups in total. The van der Waals surface area contributed by atoms with Crippen molar-refractivity contribution >= 4 is 7.85 Å². The van der Waals surface area contributed by atoms with Gasteiger partial charge in [0.15, 0.2) is 0 Å². The van der Waals surface area contributed by atoms with Gasteiger partial charge in [-0.3, -0.25) is 0 Å². The van der Waals surface area contributed by atoms with Crippen molar-refractivity contribution in [2.24, 2.45) is 0 Å². The Balaban J connectivity index is 2.63. The fourth-order valence-corrected chi connectivity index (χ4v) is 0.872. The average Bonchev–Trinajstić information content (AvgIpc) is 1.64. The number of hydrogen-bond donors (Lipinski definition) is 0. The molecular formula is C7H9B. The van der Waals surface area contributed by atoms with Gasteiger partial charge in [0, 0.05) is 0 Å². The van der Waals surface area contributed by atoms with Crippen LogP contribution in [0.15, 0.2) is 23.8 Å². The molecule has 0 aromatic carbocycles. The van der Waals surface area contributed by atoms with Gasteiger partial charge in [-0.15, -0.1) is 0 Å². The van der Waals surface area contributed by atoms with Crippen LogP contribution in [0.5, 0.6) is 0 Å². The Kier molecular flexibility index (Phi) is 1.57. The normalized spacial score (nSPS) is 27.6. The first-order valence-electron chi connectivity index (χ1n) is 2.89. The maximum atomic E-state index is 5.60. The van der Waals surface area contributed by atoms with Crippen LogP contribution in [-0.2, 0) is 0 Å². The molecule has 0 amide bonds. The summed E-state index contributed by atoms with van der Waals surface area (Å²) in [6.07, 6.45) is 7.29. The van der Waals surface area contributed by atoms with Crippen molar-refractivity contribution in [1.82, 2.24) is 0 Å². The van der Waals surface area contributed by atoms with E-state index in [9.17, 15) is 0 Å². The van der Waals surface area contributed by atoms with E-state index in [4.69, 9.17) is 7.85 Å². The summed E-state index contributed by atoms with van der Waals surface area (Å²) in [6, 6.07) is 0. The fourth-order valence-electron chi connectivity index (χ4n) is 0.872. The first-order valence-corrected chi connectivity index (χ1v) is 2.89. The molecule has 1 heteroatoms. The lowest BCUT2D eigenvalue weighted by Crippen LogP contribution is -1.90. The van der Waals surface area contributed by atoms with Crippen LogP contribution in [0.25, 0.3) is 0 Å². The molecule has 0 bridgehead atoms. The Morgan fingerprint density at radius 3 is 2.88 bits per heavy atom. The summed E-state index contributed by atoms with van der Waals surface area (Å²) in [5.41, 5.74) is 1.28. The van der Waals surface area contributed by atoms with Gasteiger partial charge in [-0.05, 0) is 13.3 Å². The summed E-state index contributed by atoms with van der Waals surface area (Å²) in [6.45, 7) is 2.06. The molecule has 1 unspecified atom stereocenters. The summed E-state index contributed by atoms with van der Waals surface area (Å²) in [5.74, 6) is 0.264. The van der Waals surface area contributed by atoms with Crippen LogP contribution in [0.2, 0.25) is 5.82 Å². The van der Waals surface area contributed by atoms with Gasteiger partial charge < -0.3 is 0 Å². The van der Waals surface area contributed by atoms with Crippen molar-refractivity contribution in [1.29, 1.82) is 0 Å². The van der Waals surface area contributed by atoms with Crippen LogP contribution in [0.4, 0.5) is 0 Å². The van der Waals surface area contributed by atoms with E-state index in [1.165, 1.54) is 5.57 Å². The highest BCUT2D eigenvalue weighted by molar-refractivity contribution is 6.13. The Morgan fingerprint density at radius 2 is 2.50 bits per heavy atom. The average molecular weight is 104 g/mol. The van der Waals surface area contributed by atoms with E-state index in [2.05, 4.69) is 25.2 Å². The van der Waals surface area contributed by atoms with Crippen LogP contribution in [0.3, 0.4) is 0 Å². The third-order valence-corrected chi connectivity index (χ3v) is 1.27. The van der Waals surface area contributed by atoms with Crippen molar-refractivity contribution in [3.8, 4) is 0 Å². The molecule has 0 fully saturated rings. The molecule has 2 radical (unpaired) electrons. The summed E-state index contributed by atoms with van der Waals surface area (Å²) in [5, 5.41) is 0. The molecule has 0 aromatic rings. The topological polar surface area (TPSA) is 0 Å². The van der Waals surface area contributed by atoms with Gasteiger partial charge >= 0.3 is 0 Å². The molecule has 1 rings (SSSR count). The summed E-state index contributed by atoms with van der Waals surface area (Å²) < 4.78 is 0. The molecule has 1 aliphatic rings. The lowest BCUT2D eigenvalue weighted by atomic mass is 9.81. The Bertz CT molecular complexity index is 133. The first kappa shape index (κ1) is 5.68. The second-order valence-corrected chi connectivity index (χ2v) is 2.21. The van der Waals surface area contributed by atoms with Gasteiger partial charge in [0.2, 0.25) is 0 Å². The van der Waals surface area contributed by atoms with Crippen LogP contribution in [0, 0.1) is 0 Å². The molecular weight excluding hydrogens is 94.9 g/mol. The number of rotatable bonds is 0. The van der Waals surface area contributed by atoms with Crippen molar-refractivity contribution in [2.75, 3.05) is 0 Å². The van der Waals surface area contributed by atoms with Gasteiger partial charge in [0.05, 0.1) is 7.85 Å². The minimum Gasteiger partial charge on any atom is -0.0869 e. The highest BCUT2D eigenvalue weighted by Crippen LogP contribution is 2.17. The third kappa shape index (κ3) is 1.26. The van der Waals surface area contributed by atoms with E-state index in [0.29, 0.717) is 0 Å². The van der Waals surface area contributed by atoms with E-state index in [0.717, 1.165) is 6.42 Å². The minimum absolute atomic E-state index is 0.264. The monoisotopic (exact) mass is 104 g/mol. The summed E-state index contributed by atoms with van der Waals surface area (Å²) >= 11 is 0. The van der Waals surface area contributed by atoms with E-state index >= 15 is 0 Å². The van der Waals surface area contributed by atoms with Crippen molar-refractivity contribution in [2.45, 2.75) is 19.2 Å². The van der Waals surface area contributed by atoms with Crippen LogP contribution in [-0.4, -0.2) is 7.85 Å². The zero-order valence-electron chi connectivity index (χ0n) is 5.09. The molecule has 8 heavy (non-hydrogen) atoms. The maximum Gasteiger partial charge on any atom is 0.0759 e. The predicted molar refractivity (Wildman–Crippen MR) is 37.0 cm³/mol. The molecule has 0 spiro atoms. The molecule has 0 nitrogen and oxygen atoms in total. The quantitative estimate of drug-likeness (QED) is 0.411. The molecule has 40 valence electrons. The highest BCUT2D eigenvalue weighted by atomic mass is 14.0. The Morgan fingerprint density at radius 1 is 1.75 bits per heavy atom. The van der Waals surface area contributed by atoms with Gasteiger partial charge in [-0.25, -0.2) is 0 Å². The first-order chi connectivity index (χ1) is 3.79. The van der Waals surface area contributed by atoms with Crippen molar-refractivity contribution < 1.29 is 0 Å². The molecule has 0 saturated heterocycles. The largest absolute Gasteiger partial charge is 0.0869 e. The standard InChI is InChI=1S/C7H9B/c1-6-3-2-4-7(8)5-6/h2-3,5,7H,4H2,1H3. The molecule has 0 heterocycles. The van der Waals surface area contributed by atoms with Gasteiger partial charge in [-0.1, -0.05) is 29.6 Å². The van der Waals surface area contributed by atoms with E-state index < -0.39 is 0 Å². The van der Waals surface area contributed by atoms with Crippen LogP contribution in [0.1, 0.15) is 13.3 Å². The van der Waals surface area contributed by atoms with Crippen molar-refractivity contribution in [3.63, 3.8) is 0 Å². The lowest BCUT2D eigenvalue weighted by Gasteiger charge is -2.07. The lowest BCUT2D eigenvalue weighted by molar-refractivity contribution is 1.01. The van der Waals surface area contributed by atoms with Gasteiger partial charge in [0.1, 0.15) is 0 Å². The minimum atomic E-state index is 0.264. The van der Waals surface area contributed by atoms with E-state index in [1.54, 1.807) is 0 Å². The Labute approximate surface area is 51.7 Å². The Hall–Kier alpha value is -0.455. The van der Waals surface area contributed by atoms with E-state index in [-0.39, 0.29) is 5.82 Å². The fraction of sp³-hybridized carbons (Fsp3) is 0.429.